The van der Waals surface area contributed by atoms with Crippen molar-refractivity contribution in [2.45, 2.75) is 57.1 Å². The van der Waals surface area contributed by atoms with Gasteiger partial charge in [-0.15, -0.1) is 0 Å². The molecule has 4 fully saturated rings. The average Bonchev–Trinajstić information content (AvgIpc) is 3.77. The molecular weight excluding hydrogens is 738 g/mol. The van der Waals surface area contributed by atoms with Gasteiger partial charge in [0.25, 0.3) is 11.8 Å². The summed E-state index contributed by atoms with van der Waals surface area (Å²) in [6.45, 7) is 6.09. The fourth-order valence-corrected chi connectivity index (χ4v) is 8.68. The topological polar surface area (TPSA) is 181 Å². The van der Waals surface area contributed by atoms with E-state index < -0.39 is 29.7 Å². The van der Waals surface area contributed by atoms with Gasteiger partial charge in [-0.1, -0.05) is 11.6 Å². The van der Waals surface area contributed by atoms with Gasteiger partial charge in [0.15, 0.2) is 5.82 Å². The number of nitrogens with zero attached hydrogens (tertiary/aromatic N) is 7. The van der Waals surface area contributed by atoms with Crippen LogP contribution in [0.3, 0.4) is 0 Å². The number of nitriles is 1. The van der Waals surface area contributed by atoms with Gasteiger partial charge in [-0.05, 0) is 74.8 Å². The molecule has 1 aliphatic carbocycles. The van der Waals surface area contributed by atoms with E-state index in [9.17, 15) is 24.0 Å². The van der Waals surface area contributed by atoms with Gasteiger partial charge < -0.3 is 19.9 Å². The van der Waals surface area contributed by atoms with Gasteiger partial charge >= 0.3 is 0 Å². The summed E-state index contributed by atoms with van der Waals surface area (Å²) < 4.78 is 6.03. The van der Waals surface area contributed by atoms with Gasteiger partial charge in [-0.2, -0.15) is 5.26 Å². The number of imide groups is 2. The lowest BCUT2D eigenvalue weighted by Gasteiger charge is -2.39. The summed E-state index contributed by atoms with van der Waals surface area (Å²) in [6.07, 6.45) is 7.52. The van der Waals surface area contributed by atoms with E-state index in [4.69, 9.17) is 21.6 Å². The summed E-state index contributed by atoms with van der Waals surface area (Å²) >= 11 is 6.14. The van der Waals surface area contributed by atoms with Crippen molar-refractivity contribution in [3.63, 3.8) is 0 Å². The molecule has 0 bridgehead atoms. The van der Waals surface area contributed by atoms with Crippen LogP contribution in [0.4, 0.5) is 17.3 Å². The van der Waals surface area contributed by atoms with Crippen molar-refractivity contribution in [2.24, 2.45) is 11.8 Å². The van der Waals surface area contributed by atoms with Crippen molar-refractivity contribution >= 4 is 58.5 Å². The number of hydrogen-bond acceptors (Lipinski definition) is 12. The number of aromatic nitrogens is 2. The maximum atomic E-state index is 13.3. The number of amides is 5. The summed E-state index contributed by atoms with van der Waals surface area (Å²) in [6, 6.07) is 11.3. The Kier molecular flexibility index (Phi) is 10.6. The van der Waals surface area contributed by atoms with Crippen LogP contribution in [0.5, 0.6) is 5.75 Å². The smallest absolute Gasteiger partial charge is 0.262 e. The molecule has 4 aliphatic heterocycles. The Morgan fingerprint density at radius 2 is 1.68 bits per heavy atom. The fourth-order valence-electron chi connectivity index (χ4n) is 8.47. The normalized spacial score (nSPS) is 23.2. The van der Waals surface area contributed by atoms with E-state index in [0.717, 1.165) is 81.5 Å². The Bertz CT molecular complexity index is 2090. The quantitative estimate of drug-likeness (QED) is 0.302. The molecule has 2 aromatic carbocycles. The van der Waals surface area contributed by atoms with E-state index in [1.165, 1.54) is 0 Å². The number of benzene rings is 2. The summed E-state index contributed by atoms with van der Waals surface area (Å²) in [5.74, 6) is 0.0554. The molecule has 15 nitrogen and oxygen atoms in total. The maximum Gasteiger partial charge on any atom is 0.262 e. The lowest BCUT2D eigenvalue weighted by Crippen LogP contribution is -2.54. The first-order chi connectivity index (χ1) is 27.1. The third kappa shape index (κ3) is 7.76. The molecule has 5 amide bonds. The van der Waals surface area contributed by atoms with Crippen LogP contribution < -0.4 is 25.2 Å². The van der Waals surface area contributed by atoms with Crippen LogP contribution in [0.25, 0.3) is 0 Å². The molecule has 5 heterocycles. The summed E-state index contributed by atoms with van der Waals surface area (Å²) in [5.41, 5.74) is 1.85. The Morgan fingerprint density at radius 3 is 2.39 bits per heavy atom. The number of hydrogen-bond donors (Lipinski definition) is 2. The Balaban J connectivity index is 0.762. The molecule has 0 radical (unpaired) electrons. The molecule has 3 saturated heterocycles. The minimum Gasteiger partial charge on any atom is -0.490 e. The molecule has 3 aromatic rings. The number of rotatable bonds is 9. The van der Waals surface area contributed by atoms with Crippen molar-refractivity contribution in [1.29, 1.82) is 5.26 Å². The maximum absolute atomic E-state index is 13.3. The number of piperazine rings is 1. The Hall–Kier alpha value is -5.59. The SMILES string of the molecule is N#Cc1ccc(O[C@H]2CC[C@H](C(=O)Nc3cnc(N4CCC(CN5CCN(c6ccc7c(c6)C(=O)N(C6CCC(=O)NC6=O)C7=O)CC5)CC4)cn3)C2)cc1Cl. The van der Waals surface area contributed by atoms with Crippen LogP contribution in [0.1, 0.15) is 71.2 Å². The highest BCUT2D eigenvalue weighted by atomic mass is 35.5. The van der Waals surface area contributed by atoms with Crippen LogP contribution in [0.15, 0.2) is 48.8 Å². The second kappa shape index (κ2) is 15.9. The van der Waals surface area contributed by atoms with Crippen LogP contribution in [-0.4, -0.2) is 107 Å². The van der Waals surface area contributed by atoms with Gasteiger partial charge in [0.1, 0.15) is 23.7 Å². The zero-order chi connectivity index (χ0) is 38.9. The summed E-state index contributed by atoms with van der Waals surface area (Å²) in [4.78, 5) is 80.5. The molecule has 1 aromatic heterocycles. The highest BCUT2D eigenvalue weighted by Crippen LogP contribution is 2.33. The molecular formula is C40H42ClN9O6. The monoisotopic (exact) mass is 779 g/mol. The van der Waals surface area contributed by atoms with Crippen LogP contribution in [-0.2, 0) is 14.4 Å². The van der Waals surface area contributed by atoms with Crippen molar-refractivity contribution < 1.29 is 28.7 Å². The van der Waals surface area contributed by atoms with Crippen molar-refractivity contribution in [1.82, 2.24) is 25.1 Å². The number of halogens is 1. The zero-order valence-corrected chi connectivity index (χ0v) is 31.5. The van der Waals surface area contributed by atoms with Crippen LogP contribution in [0, 0.1) is 23.2 Å². The predicted octanol–water partition coefficient (Wildman–Crippen LogP) is 3.63. The number of piperidine rings is 2. The molecule has 5 aliphatic rings. The van der Waals surface area contributed by atoms with E-state index in [0.29, 0.717) is 46.5 Å². The summed E-state index contributed by atoms with van der Waals surface area (Å²) in [5, 5.41) is 14.6. The van der Waals surface area contributed by atoms with E-state index in [1.54, 1.807) is 42.7 Å². The number of fused-ring (bicyclic) bond motifs is 1. The van der Waals surface area contributed by atoms with E-state index in [1.807, 2.05) is 12.1 Å². The highest BCUT2D eigenvalue weighted by Gasteiger charge is 2.45. The predicted molar refractivity (Wildman–Crippen MR) is 205 cm³/mol. The van der Waals surface area contributed by atoms with Crippen LogP contribution >= 0.6 is 11.6 Å². The first-order valence-electron chi connectivity index (χ1n) is 19.2. The lowest BCUT2D eigenvalue weighted by atomic mass is 9.96. The van der Waals surface area contributed by atoms with Gasteiger partial charge in [0, 0.05) is 69.9 Å². The molecule has 1 unspecified atom stereocenters. The lowest BCUT2D eigenvalue weighted by molar-refractivity contribution is -0.136. The number of anilines is 3. The van der Waals surface area contributed by atoms with Gasteiger partial charge in [-0.25, -0.2) is 9.97 Å². The second-order valence-electron chi connectivity index (χ2n) is 15.1. The van der Waals surface area contributed by atoms with E-state index >= 15 is 0 Å². The van der Waals surface area contributed by atoms with Gasteiger partial charge in [-0.3, -0.25) is 39.1 Å². The number of nitrogens with one attached hydrogen (secondary N) is 2. The molecule has 1 saturated carbocycles. The first kappa shape index (κ1) is 37.3. The largest absolute Gasteiger partial charge is 0.490 e. The Labute approximate surface area is 328 Å². The standard InChI is InChI=1S/C40H42ClN9O6/c41-32-19-29(5-2-26(32)20-42)56-28-4-1-25(17-28)37(52)45-34-21-44-35(22-43-34)49-11-9-24(10-12-49)23-47-13-15-48(16-14-47)27-3-6-30-31(18-27)40(55)50(39(30)54)33-7-8-36(51)46-38(33)53/h2-3,5-6,18-19,21-22,24-25,28,33H,1,4,7-17,23H2,(H,43,45,52)(H,46,51,53)/t25-,28-,33?/m0/s1. The third-order valence-electron chi connectivity index (χ3n) is 11.6. The van der Waals surface area contributed by atoms with Crippen molar-refractivity contribution in [3.05, 3.63) is 70.5 Å². The Morgan fingerprint density at radius 1 is 0.893 bits per heavy atom. The van der Waals surface area contributed by atoms with E-state index in [-0.39, 0.29) is 36.3 Å². The number of carbonyl (C=O) groups is 5. The van der Waals surface area contributed by atoms with Crippen molar-refractivity contribution in [3.8, 4) is 11.8 Å². The molecule has 290 valence electrons. The number of carbonyl (C=O) groups excluding carboxylic acids is 5. The molecule has 2 N–H and O–H groups in total. The van der Waals surface area contributed by atoms with Gasteiger partial charge in [0.2, 0.25) is 17.7 Å². The second-order valence-corrected chi connectivity index (χ2v) is 15.6. The average molecular weight is 780 g/mol. The minimum absolute atomic E-state index is 0.0878. The fraction of sp³-hybridized carbons (Fsp3) is 0.450. The van der Waals surface area contributed by atoms with Crippen molar-refractivity contribution in [2.75, 3.05) is 60.9 Å². The van der Waals surface area contributed by atoms with Gasteiger partial charge in [0.05, 0.1) is 40.2 Å². The van der Waals surface area contributed by atoms with E-state index in [2.05, 4.69) is 35.3 Å². The third-order valence-corrected chi connectivity index (χ3v) is 11.9. The molecule has 3 atom stereocenters. The highest BCUT2D eigenvalue weighted by molar-refractivity contribution is 6.31. The molecule has 8 rings (SSSR count). The minimum atomic E-state index is -0.977. The number of ether oxygens (including phenoxy) is 1. The van der Waals surface area contributed by atoms with Crippen LogP contribution in [0.2, 0.25) is 5.02 Å². The summed E-state index contributed by atoms with van der Waals surface area (Å²) in [7, 11) is 0. The molecule has 56 heavy (non-hydrogen) atoms. The first-order valence-corrected chi connectivity index (χ1v) is 19.6. The molecule has 16 heteroatoms. The zero-order valence-electron chi connectivity index (χ0n) is 30.8. The molecule has 0 spiro atoms.